The van der Waals surface area contributed by atoms with E-state index in [1.807, 2.05) is 30.3 Å². The van der Waals surface area contributed by atoms with Gasteiger partial charge in [0, 0.05) is 5.92 Å². The Morgan fingerprint density at radius 1 is 1.21 bits per heavy atom. The molecular formula is C21H29NO6. The van der Waals surface area contributed by atoms with Crippen molar-refractivity contribution in [3.05, 3.63) is 35.9 Å². The number of esters is 2. The van der Waals surface area contributed by atoms with Crippen LogP contribution in [0, 0.1) is 11.3 Å². The van der Waals surface area contributed by atoms with E-state index in [0.717, 1.165) is 5.56 Å². The molecule has 2 rings (SSSR count). The summed E-state index contributed by atoms with van der Waals surface area (Å²) in [5.41, 5.74) is -1.55. The zero-order chi connectivity index (χ0) is 20.9. The molecule has 0 aliphatic carbocycles. The quantitative estimate of drug-likeness (QED) is 0.541. The number of hydrogen-bond acceptors (Lipinski definition) is 6. The molecule has 1 aromatic rings. The first kappa shape index (κ1) is 21.9. The van der Waals surface area contributed by atoms with E-state index in [2.05, 4.69) is 5.32 Å². The molecule has 0 aromatic heterocycles. The third-order valence-corrected chi connectivity index (χ3v) is 4.81. The average molecular weight is 391 g/mol. The number of rotatable bonds is 7. The molecule has 0 bridgehead atoms. The van der Waals surface area contributed by atoms with Crippen LogP contribution in [-0.4, -0.2) is 47.8 Å². The van der Waals surface area contributed by atoms with Crippen molar-refractivity contribution in [1.82, 2.24) is 5.32 Å². The van der Waals surface area contributed by atoms with Crippen LogP contribution in [0.5, 0.6) is 0 Å². The molecule has 1 heterocycles. The van der Waals surface area contributed by atoms with Crippen molar-refractivity contribution in [2.45, 2.75) is 52.2 Å². The molecule has 7 nitrogen and oxygen atoms in total. The molecule has 0 saturated carbocycles. The van der Waals surface area contributed by atoms with Crippen molar-refractivity contribution in [1.29, 1.82) is 0 Å². The molecule has 0 unspecified atom stereocenters. The molecule has 1 aliphatic heterocycles. The highest BCUT2D eigenvalue weighted by molar-refractivity contribution is 6.05. The van der Waals surface area contributed by atoms with Crippen LogP contribution in [0.1, 0.15) is 39.7 Å². The van der Waals surface area contributed by atoms with Crippen molar-refractivity contribution in [2.75, 3.05) is 13.2 Å². The Kier molecular flexibility index (Phi) is 6.82. The highest BCUT2D eigenvalue weighted by Crippen LogP contribution is 2.43. The highest BCUT2D eigenvalue weighted by atomic mass is 16.6. The fourth-order valence-electron chi connectivity index (χ4n) is 3.67. The van der Waals surface area contributed by atoms with Crippen LogP contribution >= 0.6 is 0 Å². The van der Waals surface area contributed by atoms with Crippen molar-refractivity contribution >= 4 is 17.8 Å². The monoisotopic (exact) mass is 391 g/mol. The molecule has 1 aliphatic rings. The summed E-state index contributed by atoms with van der Waals surface area (Å²) in [5, 5.41) is 12.5. The third-order valence-electron chi connectivity index (χ3n) is 4.81. The van der Waals surface area contributed by atoms with Crippen LogP contribution in [-0.2, 0) is 30.3 Å². The van der Waals surface area contributed by atoms with Gasteiger partial charge < -0.3 is 19.9 Å². The van der Waals surface area contributed by atoms with Gasteiger partial charge in [0.15, 0.2) is 5.41 Å². The molecule has 1 amide bonds. The molecule has 3 atom stereocenters. The van der Waals surface area contributed by atoms with Crippen molar-refractivity contribution in [3.63, 3.8) is 0 Å². The van der Waals surface area contributed by atoms with Gasteiger partial charge in [-0.25, -0.2) is 0 Å². The lowest BCUT2D eigenvalue weighted by molar-refractivity contribution is -0.165. The summed E-state index contributed by atoms with van der Waals surface area (Å²) in [7, 11) is 0. The van der Waals surface area contributed by atoms with E-state index in [-0.39, 0.29) is 19.4 Å². The Morgan fingerprint density at radius 3 is 2.39 bits per heavy atom. The summed E-state index contributed by atoms with van der Waals surface area (Å²) in [6, 6.07) is 8.34. The van der Waals surface area contributed by atoms with E-state index in [1.54, 1.807) is 27.7 Å². The summed E-state index contributed by atoms with van der Waals surface area (Å²) < 4.78 is 10.6. The van der Waals surface area contributed by atoms with E-state index in [0.29, 0.717) is 0 Å². The predicted molar refractivity (Wildman–Crippen MR) is 102 cm³/mol. The number of nitrogens with one attached hydrogen (secondary N) is 1. The molecule has 2 N–H and O–H groups in total. The van der Waals surface area contributed by atoms with Crippen LogP contribution in [0.2, 0.25) is 0 Å². The average Bonchev–Trinajstić information content (AvgIpc) is 2.87. The van der Waals surface area contributed by atoms with Gasteiger partial charge in [-0.05, 0) is 39.7 Å². The van der Waals surface area contributed by atoms with E-state index < -0.39 is 47.4 Å². The Hall–Kier alpha value is -2.41. The van der Waals surface area contributed by atoms with Crippen LogP contribution in [0.3, 0.4) is 0 Å². The number of hydrogen-bond donors (Lipinski definition) is 2. The molecule has 1 fully saturated rings. The van der Waals surface area contributed by atoms with Gasteiger partial charge in [-0.1, -0.05) is 30.3 Å². The summed E-state index contributed by atoms with van der Waals surface area (Å²) in [6.45, 7) is 6.60. The number of amides is 1. The van der Waals surface area contributed by atoms with Crippen LogP contribution in [0.15, 0.2) is 30.3 Å². The van der Waals surface area contributed by atoms with E-state index in [9.17, 15) is 19.5 Å². The maximum atomic E-state index is 13.0. The fraction of sp³-hybridized carbons (Fsp3) is 0.571. The molecule has 154 valence electrons. The van der Waals surface area contributed by atoms with Gasteiger partial charge in [-0.2, -0.15) is 0 Å². The molecular weight excluding hydrogens is 362 g/mol. The zero-order valence-corrected chi connectivity index (χ0v) is 16.9. The minimum Gasteiger partial charge on any atom is -0.465 e. The van der Waals surface area contributed by atoms with Gasteiger partial charge in [-0.3, -0.25) is 14.4 Å². The minimum atomic E-state index is -1.61. The number of benzene rings is 1. The van der Waals surface area contributed by atoms with E-state index in [1.165, 1.54) is 0 Å². The zero-order valence-electron chi connectivity index (χ0n) is 16.9. The predicted octanol–water partition coefficient (Wildman–Crippen LogP) is 1.62. The summed E-state index contributed by atoms with van der Waals surface area (Å²) in [6.07, 6.45) is -0.116. The SMILES string of the molecule is CCOC(=O)[C@@]1(Cc2ccccc2)C(=O)N[C@H](CO)[C@H]1CC(=O)OC(C)(C)C. The maximum Gasteiger partial charge on any atom is 0.322 e. The van der Waals surface area contributed by atoms with Crippen molar-refractivity contribution in [3.8, 4) is 0 Å². The lowest BCUT2D eigenvalue weighted by atomic mass is 9.69. The van der Waals surface area contributed by atoms with Crippen LogP contribution < -0.4 is 5.32 Å². The van der Waals surface area contributed by atoms with Crippen molar-refractivity contribution in [2.24, 2.45) is 11.3 Å². The second-order valence-electron chi connectivity index (χ2n) is 8.01. The normalized spacial score (nSPS) is 24.5. The van der Waals surface area contributed by atoms with Gasteiger partial charge in [0.05, 0.1) is 25.7 Å². The van der Waals surface area contributed by atoms with Crippen LogP contribution in [0.25, 0.3) is 0 Å². The first-order valence-electron chi connectivity index (χ1n) is 9.49. The van der Waals surface area contributed by atoms with Gasteiger partial charge in [0.25, 0.3) is 0 Å². The summed E-state index contributed by atoms with van der Waals surface area (Å²) in [5.74, 6) is -2.56. The van der Waals surface area contributed by atoms with Gasteiger partial charge in [0.2, 0.25) is 5.91 Å². The van der Waals surface area contributed by atoms with Gasteiger partial charge in [0.1, 0.15) is 5.60 Å². The maximum absolute atomic E-state index is 13.0. The lowest BCUT2D eigenvalue weighted by Crippen LogP contribution is -2.47. The largest absolute Gasteiger partial charge is 0.465 e. The second kappa shape index (κ2) is 8.73. The second-order valence-corrected chi connectivity index (χ2v) is 8.01. The van der Waals surface area contributed by atoms with E-state index >= 15 is 0 Å². The lowest BCUT2D eigenvalue weighted by Gasteiger charge is -2.32. The smallest absolute Gasteiger partial charge is 0.322 e. The fourth-order valence-corrected chi connectivity index (χ4v) is 3.67. The van der Waals surface area contributed by atoms with E-state index in [4.69, 9.17) is 9.47 Å². The Labute approximate surface area is 165 Å². The number of carbonyl (C=O) groups excluding carboxylic acids is 3. The van der Waals surface area contributed by atoms with Crippen molar-refractivity contribution < 1.29 is 29.0 Å². The first-order valence-corrected chi connectivity index (χ1v) is 9.49. The number of carbonyl (C=O) groups is 3. The molecule has 1 saturated heterocycles. The number of ether oxygens (including phenoxy) is 2. The van der Waals surface area contributed by atoms with Crippen LogP contribution in [0.4, 0.5) is 0 Å². The summed E-state index contributed by atoms with van der Waals surface area (Å²) in [4.78, 5) is 38.5. The van der Waals surface area contributed by atoms with Gasteiger partial charge >= 0.3 is 11.9 Å². The standard InChI is InChI=1S/C21H29NO6/c1-5-27-19(26)21(12-14-9-7-6-8-10-14)15(16(13-23)22-18(21)25)11-17(24)28-20(2,3)4/h6-10,15-16,23H,5,11-13H2,1-4H3,(H,22,25)/t15-,16-,21-/m1/s1. The molecule has 0 radical (unpaired) electrons. The Bertz CT molecular complexity index is 711. The Balaban J connectivity index is 2.45. The summed E-state index contributed by atoms with van der Waals surface area (Å²) >= 11 is 0. The minimum absolute atomic E-state index is 0.0719. The molecule has 28 heavy (non-hydrogen) atoms. The Morgan fingerprint density at radius 2 is 1.86 bits per heavy atom. The third kappa shape index (κ3) is 4.70. The number of aliphatic hydroxyl groups excluding tert-OH is 1. The topological polar surface area (TPSA) is 102 Å². The first-order chi connectivity index (χ1) is 13.1. The molecule has 1 aromatic carbocycles. The molecule has 0 spiro atoms. The highest BCUT2D eigenvalue weighted by Gasteiger charge is 2.61. The molecule has 7 heteroatoms. The number of aliphatic hydroxyl groups is 1. The van der Waals surface area contributed by atoms with Gasteiger partial charge in [-0.15, -0.1) is 0 Å².